The van der Waals surface area contributed by atoms with Crippen LogP contribution in [-0.4, -0.2) is 32.2 Å². The predicted octanol–water partition coefficient (Wildman–Crippen LogP) is 4.25. The minimum atomic E-state index is -0.878. The van der Waals surface area contributed by atoms with Crippen molar-refractivity contribution in [2.75, 3.05) is 26.6 Å². The molecule has 0 saturated heterocycles. The molecule has 0 aliphatic carbocycles. The van der Waals surface area contributed by atoms with Crippen molar-refractivity contribution in [1.29, 1.82) is 0 Å². The van der Waals surface area contributed by atoms with Gasteiger partial charge in [0.1, 0.15) is 5.82 Å². The van der Waals surface area contributed by atoms with Crippen LogP contribution in [0.25, 0.3) is 10.9 Å². The molecule has 0 aliphatic heterocycles. The number of nitrogens with one attached hydrogen (secondary N) is 2. The summed E-state index contributed by atoms with van der Waals surface area (Å²) in [6.07, 6.45) is 1.73. The Balaban J connectivity index is 1.95. The van der Waals surface area contributed by atoms with Crippen molar-refractivity contribution < 1.29 is 23.4 Å². The topological polar surface area (TPSA) is 72.6 Å². The molecule has 28 heavy (non-hydrogen) atoms. The van der Waals surface area contributed by atoms with E-state index in [0.29, 0.717) is 28.5 Å². The maximum atomic E-state index is 13.5. The lowest BCUT2D eigenvalue weighted by Gasteiger charge is -2.24. The molecule has 1 aromatic heterocycles. The van der Waals surface area contributed by atoms with Crippen LogP contribution in [0.15, 0.2) is 36.5 Å². The van der Waals surface area contributed by atoms with E-state index >= 15 is 0 Å². The standard InChI is InChI=1S/C21H23FN2O4/c1-21(2,15-11-23-16-8-12(22)6-7-14(15)16)20(25)24-13-9-17(26-3)19(28-5)18(10-13)27-4/h6-11,23H,1-5H3,(H,24,25). The lowest BCUT2D eigenvalue weighted by Crippen LogP contribution is -2.34. The van der Waals surface area contributed by atoms with Gasteiger partial charge in [-0.05, 0) is 37.6 Å². The van der Waals surface area contributed by atoms with Crippen LogP contribution in [0.5, 0.6) is 17.2 Å². The second-order valence-electron chi connectivity index (χ2n) is 6.89. The first-order chi connectivity index (χ1) is 13.3. The van der Waals surface area contributed by atoms with E-state index in [4.69, 9.17) is 14.2 Å². The van der Waals surface area contributed by atoms with Crippen LogP contribution >= 0.6 is 0 Å². The van der Waals surface area contributed by atoms with Crippen molar-refractivity contribution in [3.63, 3.8) is 0 Å². The molecule has 1 amide bonds. The Morgan fingerprint density at radius 3 is 2.25 bits per heavy atom. The molecule has 0 fully saturated rings. The normalized spacial score (nSPS) is 11.4. The Bertz CT molecular complexity index is 1000. The molecule has 0 spiro atoms. The number of carbonyl (C=O) groups excluding carboxylic acids is 1. The molecule has 2 N–H and O–H groups in total. The van der Waals surface area contributed by atoms with Gasteiger partial charge in [-0.25, -0.2) is 4.39 Å². The number of hydrogen-bond acceptors (Lipinski definition) is 4. The molecule has 2 aromatic carbocycles. The number of methoxy groups -OCH3 is 3. The third-order valence-corrected chi connectivity index (χ3v) is 4.81. The van der Waals surface area contributed by atoms with Crippen LogP contribution in [0.3, 0.4) is 0 Å². The number of carbonyl (C=O) groups is 1. The van der Waals surface area contributed by atoms with Crippen LogP contribution in [0, 0.1) is 5.82 Å². The van der Waals surface area contributed by atoms with E-state index in [-0.39, 0.29) is 11.7 Å². The average Bonchev–Trinajstić information content (AvgIpc) is 3.10. The van der Waals surface area contributed by atoms with Crippen molar-refractivity contribution in [1.82, 2.24) is 4.98 Å². The maximum Gasteiger partial charge on any atom is 0.234 e. The molecule has 0 aliphatic rings. The zero-order chi connectivity index (χ0) is 20.5. The summed E-state index contributed by atoms with van der Waals surface area (Å²) in [6, 6.07) is 7.80. The molecule has 0 radical (unpaired) electrons. The van der Waals surface area contributed by atoms with E-state index in [1.165, 1.54) is 33.5 Å². The summed E-state index contributed by atoms with van der Waals surface area (Å²) < 4.78 is 29.4. The van der Waals surface area contributed by atoms with E-state index < -0.39 is 5.41 Å². The minimum absolute atomic E-state index is 0.230. The number of rotatable bonds is 6. The highest BCUT2D eigenvalue weighted by Crippen LogP contribution is 2.40. The van der Waals surface area contributed by atoms with Gasteiger partial charge in [0.05, 0.1) is 26.7 Å². The zero-order valence-corrected chi connectivity index (χ0v) is 16.5. The second kappa shape index (κ2) is 7.42. The number of aromatic nitrogens is 1. The van der Waals surface area contributed by atoms with Crippen LogP contribution in [-0.2, 0) is 10.2 Å². The average molecular weight is 386 g/mol. The number of aromatic amines is 1. The molecule has 6 nitrogen and oxygen atoms in total. The van der Waals surface area contributed by atoms with E-state index in [1.54, 1.807) is 24.4 Å². The smallest absolute Gasteiger partial charge is 0.234 e. The van der Waals surface area contributed by atoms with Crippen LogP contribution < -0.4 is 19.5 Å². The largest absolute Gasteiger partial charge is 0.493 e. The highest BCUT2D eigenvalue weighted by molar-refractivity contribution is 6.02. The monoisotopic (exact) mass is 386 g/mol. The third-order valence-electron chi connectivity index (χ3n) is 4.81. The van der Waals surface area contributed by atoms with Gasteiger partial charge >= 0.3 is 0 Å². The first kappa shape index (κ1) is 19.5. The van der Waals surface area contributed by atoms with Gasteiger partial charge in [-0.15, -0.1) is 0 Å². The van der Waals surface area contributed by atoms with Crippen molar-refractivity contribution in [2.45, 2.75) is 19.3 Å². The predicted molar refractivity (Wildman–Crippen MR) is 106 cm³/mol. The molecule has 0 atom stereocenters. The highest BCUT2D eigenvalue weighted by Gasteiger charge is 2.32. The maximum absolute atomic E-state index is 13.5. The van der Waals surface area contributed by atoms with Gasteiger partial charge in [0.2, 0.25) is 11.7 Å². The van der Waals surface area contributed by atoms with Gasteiger partial charge in [-0.3, -0.25) is 4.79 Å². The Morgan fingerprint density at radius 2 is 1.68 bits per heavy atom. The lowest BCUT2D eigenvalue weighted by atomic mass is 9.83. The lowest BCUT2D eigenvalue weighted by molar-refractivity contribution is -0.120. The van der Waals surface area contributed by atoms with Gasteiger partial charge in [-0.2, -0.15) is 0 Å². The fourth-order valence-electron chi connectivity index (χ4n) is 3.18. The summed E-state index contributed by atoms with van der Waals surface area (Å²) in [5.74, 6) is 0.767. The first-order valence-electron chi connectivity index (χ1n) is 8.70. The Labute approximate surface area is 162 Å². The second-order valence-corrected chi connectivity index (χ2v) is 6.89. The molecule has 7 heteroatoms. The molecular formula is C21H23FN2O4. The van der Waals surface area contributed by atoms with Gasteiger partial charge in [0.15, 0.2) is 11.5 Å². The quantitative estimate of drug-likeness (QED) is 0.664. The summed E-state index contributed by atoms with van der Waals surface area (Å²) in [5.41, 5.74) is 1.05. The molecule has 3 rings (SSSR count). The Morgan fingerprint density at radius 1 is 1.04 bits per heavy atom. The van der Waals surface area contributed by atoms with E-state index in [2.05, 4.69) is 10.3 Å². The van der Waals surface area contributed by atoms with Crippen LogP contribution in [0.2, 0.25) is 0 Å². The summed E-state index contributed by atoms with van der Waals surface area (Å²) in [5, 5.41) is 3.70. The Hall–Kier alpha value is -3.22. The van der Waals surface area contributed by atoms with Crippen molar-refractivity contribution >= 4 is 22.5 Å². The number of fused-ring (bicyclic) bond motifs is 1. The van der Waals surface area contributed by atoms with Gasteiger partial charge in [0.25, 0.3) is 0 Å². The number of halogens is 1. The molecule has 0 saturated carbocycles. The number of hydrogen-bond donors (Lipinski definition) is 2. The minimum Gasteiger partial charge on any atom is -0.493 e. The van der Waals surface area contributed by atoms with Crippen molar-refractivity contribution in [3.05, 3.63) is 47.9 Å². The van der Waals surface area contributed by atoms with Gasteiger partial charge < -0.3 is 24.5 Å². The SMILES string of the molecule is COc1cc(NC(=O)C(C)(C)c2c[nH]c3cc(F)ccc23)cc(OC)c1OC. The summed E-state index contributed by atoms with van der Waals surface area (Å²) >= 11 is 0. The molecule has 0 bridgehead atoms. The molecular weight excluding hydrogens is 363 g/mol. The van der Waals surface area contributed by atoms with E-state index in [0.717, 1.165) is 10.9 Å². The zero-order valence-electron chi connectivity index (χ0n) is 16.5. The van der Waals surface area contributed by atoms with Crippen LogP contribution in [0.4, 0.5) is 10.1 Å². The summed E-state index contributed by atoms with van der Waals surface area (Å²) in [4.78, 5) is 16.1. The van der Waals surface area contributed by atoms with E-state index in [9.17, 15) is 9.18 Å². The summed E-state index contributed by atoms with van der Waals surface area (Å²) in [6.45, 7) is 3.62. The number of ether oxygens (including phenoxy) is 3. The first-order valence-corrected chi connectivity index (χ1v) is 8.70. The third kappa shape index (κ3) is 3.35. The van der Waals surface area contributed by atoms with Gasteiger partial charge in [0, 0.05) is 34.9 Å². The highest BCUT2D eigenvalue weighted by atomic mass is 19.1. The number of anilines is 1. The molecule has 0 unspecified atom stereocenters. The fraction of sp³-hybridized carbons (Fsp3) is 0.286. The van der Waals surface area contributed by atoms with Crippen LogP contribution in [0.1, 0.15) is 19.4 Å². The fourth-order valence-corrected chi connectivity index (χ4v) is 3.18. The van der Waals surface area contributed by atoms with Crippen molar-refractivity contribution in [2.24, 2.45) is 0 Å². The number of benzene rings is 2. The molecule has 148 valence electrons. The van der Waals surface area contributed by atoms with Gasteiger partial charge in [-0.1, -0.05) is 0 Å². The number of amides is 1. The number of H-pyrrole nitrogens is 1. The summed E-state index contributed by atoms with van der Waals surface area (Å²) in [7, 11) is 4.54. The molecule has 3 aromatic rings. The van der Waals surface area contributed by atoms with E-state index in [1.807, 2.05) is 13.8 Å². The van der Waals surface area contributed by atoms with Crippen molar-refractivity contribution in [3.8, 4) is 17.2 Å². The Kier molecular flexibility index (Phi) is 5.18. The molecule has 1 heterocycles.